The Morgan fingerprint density at radius 3 is 2.71 bits per heavy atom. The van der Waals surface area contributed by atoms with Gasteiger partial charge in [0.15, 0.2) is 5.69 Å². The van der Waals surface area contributed by atoms with Crippen molar-refractivity contribution in [2.75, 3.05) is 39.4 Å². The average Bonchev–Trinajstić information content (AvgIpc) is 3.03. The lowest BCUT2D eigenvalue weighted by Crippen LogP contribution is -2.55. The van der Waals surface area contributed by atoms with Crippen LogP contribution < -0.4 is 5.32 Å². The fourth-order valence-electron chi connectivity index (χ4n) is 2.67. The summed E-state index contributed by atoms with van der Waals surface area (Å²) in [6, 6.07) is 0.192. The number of aromatic nitrogens is 3. The van der Waals surface area contributed by atoms with Crippen LogP contribution in [0, 0.1) is 0 Å². The number of morpholine rings is 1. The lowest BCUT2D eigenvalue weighted by Gasteiger charge is -2.39. The van der Waals surface area contributed by atoms with Gasteiger partial charge in [-0.2, -0.15) is 0 Å². The van der Waals surface area contributed by atoms with Gasteiger partial charge in [0.2, 0.25) is 0 Å². The van der Waals surface area contributed by atoms with E-state index in [1.54, 1.807) is 20.7 Å². The number of hydrogen-bond acceptors (Lipinski definition) is 5. The first kappa shape index (κ1) is 16.7. The molecule has 0 radical (unpaired) electrons. The number of likely N-dealkylation sites (tertiary alicyclic amines) is 1. The predicted octanol–water partition coefficient (Wildman–Crippen LogP) is 0.115. The highest BCUT2D eigenvalue weighted by atomic mass is 16.5. The molecular weight excluding hydrogens is 312 g/mol. The molecule has 1 aromatic heterocycles. The molecule has 1 aromatic rings. The van der Waals surface area contributed by atoms with Crippen molar-refractivity contribution in [2.24, 2.45) is 0 Å². The number of amides is 3. The topological polar surface area (TPSA) is 92.6 Å². The second-order valence-corrected chi connectivity index (χ2v) is 6.31. The summed E-state index contributed by atoms with van der Waals surface area (Å²) in [5.74, 6) is -0.116. The third kappa shape index (κ3) is 3.50. The standard InChI is InChI=1S/C15H24N6O3/c1-3-11(2)16-15(23)20-8-12(9-20)21-10-13(17-18-21)14(22)19-4-6-24-7-5-19/h10-12H,3-9H2,1-2H3,(H,16,23). The predicted molar refractivity (Wildman–Crippen MR) is 85.6 cm³/mol. The molecule has 3 rings (SSSR count). The quantitative estimate of drug-likeness (QED) is 0.843. The van der Waals surface area contributed by atoms with Gasteiger partial charge in [0.25, 0.3) is 5.91 Å². The summed E-state index contributed by atoms with van der Waals surface area (Å²) >= 11 is 0. The molecule has 2 saturated heterocycles. The zero-order valence-electron chi connectivity index (χ0n) is 14.1. The molecule has 1 unspecified atom stereocenters. The molecule has 0 aliphatic carbocycles. The van der Waals surface area contributed by atoms with E-state index in [9.17, 15) is 9.59 Å². The Labute approximate surface area is 140 Å². The Hall–Kier alpha value is -2.16. The van der Waals surface area contributed by atoms with Crippen molar-refractivity contribution >= 4 is 11.9 Å². The third-order valence-corrected chi connectivity index (χ3v) is 4.53. The van der Waals surface area contributed by atoms with Crippen molar-refractivity contribution in [3.63, 3.8) is 0 Å². The number of carbonyl (C=O) groups excluding carboxylic acids is 2. The Balaban J connectivity index is 1.52. The Morgan fingerprint density at radius 1 is 1.33 bits per heavy atom. The number of ether oxygens (including phenoxy) is 1. The summed E-state index contributed by atoms with van der Waals surface area (Å²) in [5, 5.41) is 11.0. The highest BCUT2D eigenvalue weighted by molar-refractivity contribution is 5.92. The summed E-state index contributed by atoms with van der Waals surface area (Å²) in [5.41, 5.74) is 0.347. The molecule has 9 heteroatoms. The van der Waals surface area contributed by atoms with Crippen LogP contribution in [0.1, 0.15) is 36.8 Å². The van der Waals surface area contributed by atoms with E-state index >= 15 is 0 Å². The van der Waals surface area contributed by atoms with Crippen molar-refractivity contribution in [1.29, 1.82) is 0 Å². The van der Waals surface area contributed by atoms with Crippen LogP contribution in [-0.2, 0) is 4.74 Å². The van der Waals surface area contributed by atoms with Gasteiger partial charge in [-0.15, -0.1) is 5.10 Å². The van der Waals surface area contributed by atoms with E-state index in [1.165, 1.54) is 0 Å². The maximum atomic E-state index is 12.3. The maximum Gasteiger partial charge on any atom is 0.317 e. The van der Waals surface area contributed by atoms with Crippen LogP contribution >= 0.6 is 0 Å². The molecule has 2 fully saturated rings. The van der Waals surface area contributed by atoms with Gasteiger partial charge in [-0.3, -0.25) is 4.79 Å². The van der Waals surface area contributed by atoms with E-state index < -0.39 is 0 Å². The van der Waals surface area contributed by atoms with Gasteiger partial charge >= 0.3 is 6.03 Å². The number of nitrogens with one attached hydrogen (secondary N) is 1. The summed E-state index contributed by atoms with van der Waals surface area (Å²) in [4.78, 5) is 27.8. The highest BCUT2D eigenvalue weighted by Gasteiger charge is 2.33. The Morgan fingerprint density at radius 2 is 2.04 bits per heavy atom. The summed E-state index contributed by atoms with van der Waals surface area (Å²) < 4.78 is 6.93. The van der Waals surface area contributed by atoms with E-state index in [0.717, 1.165) is 6.42 Å². The molecule has 1 N–H and O–H groups in total. The molecule has 0 aromatic carbocycles. The van der Waals surface area contributed by atoms with E-state index in [-0.39, 0.29) is 24.0 Å². The molecule has 0 spiro atoms. The highest BCUT2D eigenvalue weighted by Crippen LogP contribution is 2.20. The van der Waals surface area contributed by atoms with Gasteiger partial charge in [0.1, 0.15) is 0 Å². The van der Waals surface area contributed by atoms with Gasteiger partial charge < -0.3 is 19.9 Å². The fraction of sp³-hybridized carbons (Fsp3) is 0.733. The van der Waals surface area contributed by atoms with Gasteiger partial charge in [-0.1, -0.05) is 12.1 Å². The molecule has 132 valence electrons. The number of carbonyl (C=O) groups is 2. The van der Waals surface area contributed by atoms with Crippen molar-refractivity contribution in [3.8, 4) is 0 Å². The zero-order valence-corrected chi connectivity index (χ0v) is 14.1. The van der Waals surface area contributed by atoms with Crippen LogP contribution in [-0.4, -0.2) is 82.2 Å². The molecular formula is C15H24N6O3. The molecule has 24 heavy (non-hydrogen) atoms. The van der Waals surface area contributed by atoms with Crippen LogP contribution in [0.3, 0.4) is 0 Å². The number of rotatable bonds is 4. The van der Waals surface area contributed by atoms with E-state index in [4.69, 9.17) is 4.74 Å². The van der Waals surface area contributed by atoms with E-state index in [0.29, 0.717) is 45.1 Å². The van der Waals surface area contributed by atoms with Crippen LogP contribution in [0.5, 0.6) is 0 Å². The summed E-state index contributed by atoms with van der Waals surface area (Å²) in [6.07, 6.45) is 2.57. The maximum absolute atomic E-state index is 12.3. The fourth-order valence-corrected chi connectivity index (χ4v) is 2.67. The number of urea groups is 1. The first-order chi connectivity index (χ1) is 11.6. The second kappa shape index (κ2) is 7.16. The third-order valence-electron chi connectivity index (χ3n) is 4.53. The molecule has 0 saturated carbocycles. The number of nitrogens with zero attached hydrogens (tertiary/aromatic N) is 5. The van der Waals surface area contributed by atoms with Crippen molar-refractivity contribution < 1.29 is 14.3 Å². The van der Waals surface area contributed by atoms with Gasteiger partial charge in [0.05, 0.1) is 25.5 Å². The first-order valence-electron chi connectivity index (χ1n) is 8.42. The summed E-state index contributed by atoms with van der Waals surface area (Å²) in [7, 11) is 0. The molecule has 3 heterocycles. The smallest absolute Gasteiger partial charge is 0.317 e. The normalized spacial score (nSPS) is 19.8. The SMILES string of the molecule is CCC(C)NC(=O)N1CC(n2cc(C(=O)N3CCOCC3)nn2)C1. The zero-order chi connectivity index (χ0) is 17.1. The largest absolute Gasteiger partial charge is 0.378 e. The van der Waals surface area contributed by atoms with Crippen LogP contribution in [0.15, 0.2) is 6.20 Å². The van der Waals surface area contributed by atoms with Crippen LogP contribution in [0.25, 0.3) is 0 Å². The second-order valence-electron chi connectivity index (χ2n) is 6.31. The molecule has 1 atom stereocenters. The van der Waals surface area contributed by atoms with Crippen LogP contribution in [0.4, 0.5) is 4.79 Å². The van der Waals surface area contributed by atoms with Crippen molar-refractivity contribution in [3.05, 3.63) is 11.9 Å². The van der Waals surface area contributed by atoms with Crippen molar-refractivity contribution in [1.82, 2.24) is 30.1 Å². The molecule has 3 amide bonds. The Bertz CT molecular complexity index is 592. The first-order valence-corrected chi connectivity index (χ1v) is 8.42. The minimum absolute atomic E-state index is 0.0506. The number of hydrogen-bond donors (Lipinski definition) is 1. The average molecular weight is 336 g/mol. The van der Waals surface area contributed by atoms with Gasteiger partial charge in [-0.05, 0) is 13.3 Å². The summed E-state index contributed by atoms with van der Waals surface area (Å²) in [6.45, 7) is 7.46. The monoisotopic (exact) mass is 336 g/mol. The lowest BCUT2D eigenvalue weighted by molar-refractivity contribution is 0.0299. The van der Waals surface area contributed by atoms with E-state index in [1.807, 2.05) is 13.8 Å². The van der Waals surface area contributed by atoms with Crippen molar-refractivity contribution in [2.45, 2.75) is 32.4 Å². The Kier molecular flexibility index (Phi) is 4.98. The van der Waals surface area contributed by atoms with Crippen LogP contribution in [0.2, 0.25) is 0 Å². The lowest BCUT2D eigenvalue weighted by atomic mass is 10.1. The molecule has 2 aliphatic rings. The molecule has 2 aliphatic heterocycles. The van der Waals surface area contributed by atoms with E-state index in [2.05, 4.69) is 15.6 Å². The minimum Gasteiger partial charge on any atom is -0.378 e. The van der Waals surface area contributed by atoms with Gasteiger partial charge in [-0.25, -0.2) is 9.48 Å². The minimum atomic E-state index is -0.116. The van der Waals surface area contributed by atoms with Gasteiger partial charge in [0, 0.05) is 32.2 Å². The molecule has 0 bridgehead atoms. The molecule has 9 nitrogen and oxygen atoms in total.